The van der Waals surface area contributed by atoms with Crippen LogP contribution in [0.1, 0.15) is 66.1 Å². The molecule has 1 unspecified atom stereocenters. The van der Waals surface area contributed by atoms with Gasteiger partial charge in [0.2, 0.25) is 0 Å². The molecule has 2 fully saturated rings. The molecular weight excluding hydrogens is 446 g/mol. The van der Waals surface area contributed by atoms with Gasteiger partial charge in [-0.2, -0.15) is 0 Å². The van der Waals surface area contributed by atoms with Crippen molar-refractivity contribution in [2.45, 2.75) is 44.6 Å². The molecule has 6 rings (SSSR count). The van der Waals surface area contributed by atoms with Crippen molar-refractivity contribution in [3.05, 3.63) is 83.9 Å². The lowest BCUT2D eigenvalue weighted by atomic mass is 10.0. The summed E-state index contributed by atoms with van der Waals surface area (Å²) in [5, 5.41) is 2.95. The number of pyridine rings is 1. The Kier molecular flexibility index (Phi) is 6.00. The molecule has 0 bridgehead atoms. The maximum atomic E-state index is 12.9. The van der Waals surface area contributed by atoms with Crippen LogP contribution in [0.4, 0.5) is 5.82 Å². The minimum absolute atomic E-state index is 0.150. The van der Waals surface area contributed by atoms with Gasteiger partial charge in [0.05, 0.1) is 24.1 Å². The Morgan fingerprint density at radius 3 is 2.75 bits per heavy atom. The van der Waals surface area contributed by atoms with Crippen LogP contribution in [0.25, 0.3) is 16.8 Å². The summed E-state index contributed by atoms with van der Waals surface area (Å²) in [4.78, 5) is 24.1. The Balaban J connectivity index is 1.26. The smallest absolute Gasteiger partial charge is 0.256 e. The average Bonchev–Trinajstić information content (AvgIpc) is 3.55. The van der Waals surface area contributed by atoms with Crippen LogP contribution in [0.15, 0.2) is 67.3 Å². The molecule has 6 heteroatoms. The highest BCUT2D eigenvalue weighted by Crippen LogP contribution is 2.40. The number of fused-ring (bicyclic) bond motifs is 1. The number of hydrogen-bond acceptors (Lipinski definition) is 4. The fourth-order valence-electron chi connectivity index (χ4n) is 5.28. The Hall–Kier alpha value is -3.95. The van der Waals surface area contributed by atoms with E-state index in [1.54, 1.807) is 6.20 Å². The number of likely N-dealkylation sites (tertiary alicyclic amines) is 1. The van der Waals surface area contributed by atoms with Crippen LogP contribution in [0, 0.1) is 11.8 Å². The number of anilines is 1. The number of hydrogen-bond donors (Lipinski definition) is 1. The number of amides is 1. The summed E-state index contributed by atoms with van der Waals surface area (Å²) in [6, 6.07) is 16.5. The predicted octanol–water partition coefficient (Wildman–Crippen LogP) is 5.69. The number of carbonyl (C=O) groups is 1. The lowest BCUT2D eigenvalue weighted by molar-refractivity contribution is 0.102. The summed E-state index contributed by atoms with van der Waals surface area (Å²) in [6.07, 6.45) is 10.2. The quantitative estimate of drug-likeness (QED) is 0.364. The number of aromatic nitrogens is 3. The summed E-state index contributed by atoms with van der Waals surface area (Å²) in [5.41, 5.74) is 6.47. The molecule has 0 spiro atoms. The first-order valence-electron chi connectivity index (χ1n) is 12.7. The fraction of sp³-hybridized carbons (Fsp3) is 0.300. The number of nitrogens with one attached hydrogen (secondary N) is 1. The van der Waals surface area contributed by atoms with Gasteiger partial charge in [0.25, 0.3) is 5.91 Å². The van der Waals surface area contributed by atoms with E-state index in [1.165, 1.54) is 35.9 Å². The van der Waals surface area contributed by atoms with Gasteiger partial charge in [-0.15, -0.1) is 5.92 Å². The van der Waals surface area contributed by atoms with Gasteiger partial charge < -0.3 is 9.72 Å². The summed E-state index contributed by atoms with van der Waals surface area (Å²) in [7, 11) is 0. The molecule has 4 heterocycles. The van der Waals surface area contributed by atoms with Gasteiger partial charge in [-0.3, -0.25) is 9.69 Å². The monoisotopic (exact) mass is 475 g/mol. The van der Waals surface area contributed by atoms with Crippen molar-refractivity contribution in [1.82, 2.24) is 19.3 Å². The molecule has 1 saturated heterocycles. The van der Waals surface area contributed by atoms with Crippen LogP contribution in [0.5, 0.6) is 0 Å². The molecule has 4 aromatic rings. The van der Waals surface area contributed by atoms with Crippen molar-refractivity contribution >= 4 is 17.2 Å². The Morgan fingerprint density at radius 2 is 1.94 bits per heavy atom. The van der Waals surface area contributed by atoms with E-state index in [4.69, 9.17) is 0 Å². The summed E-state index contributed by atoms with van der Waals surface area (Å²) >= 11 is 0. The van der Waals surface area contributed by atoms with Crippen LogP contribution in [0.3, 0.4) is 0 Å². The number of nitrogens with zero attached hydrogens (tertiary/aromatic N) is 4. The molecule has 1 aliphatic heterocycles. The van der Waals surface area contributed by atoms with Gasteiger partial charge in [0.1, 0.15) is 5.82 Å². The summed E-state index contributed by atoms with van der Waals surface area (Å²) in [5.74, 6) is 7.35. The third-order valence-corrected chi connectivity index (χ3v) is 7.31. The summed E-state index contributed by atoms with van der Waals surface area (Å²) < 4.78 is 2.15. The van der Waals surface area contributed by atoms with Gasteiger partial charge in [-0.25, -0.2) is 9.97 Å². The van der Waals surface area contributed by atoms with Gasteiger partial charge >= 0.3 is 0 Å². The molecule has 36 heavy (non-hydrogen) atoms. The average molecular weight is 476 g/mol. The van der Waals surface area contributed by atoms with E-state index in [0.717, 1.165) is 30.8 Å². The maximum absolute atomic E-state index is 12.9. The first-order valence-corrected chi connectivity index (χ1v) is 12.7. The second kappa shape index (κ2) is 9.60. The minimum Gasteiger partial charge on any atom is -0.307 e. The minimum atomic E-state index is -0.150. The molecule has 6 nitrogen and oxygen atoms in total. The van der Waals surface area contributed by atoms with Crippen LogP contribution in [-0.4, -0.2) is 38.3 Å². The van der Waals surface area contributed by atoms with Crippen molar-refractivity contribution in [2.75, 3.05) is 18.4 Å². The number of carbonyl (C=O) groups excluding carboxylic acids is 1. The molecule has 0 radical (unpaired) electrons. The van der Waals surface area contributed by atoms with Crippen LogP contribution in [-0.2, 0) is 0 Å². The lowest BCUT2D eigenvalue weighted by Gasteiger charge is -2.21. The molecule has 1 atom stereocenters. The first kappa shape index (κ1) is 22.5. The zero-order valence-electron chi connectivity index (χ0n) is 20.4. The van der Waals surface area contributed by atoms with Crippen molar-refractivity contribution in [3.8, 4) is 23.1 Å². The fourth-order valence-corrected chi connectivity index (χ4v) is 5.28. The highest BCUT2D eigenvalue weighted by molar-refractivity contribution is 6.04. The molecule has 1 aliphatic carbocycles. The van der Waals surface area contributed by atoms with Crippen molar-refractivity contribution in [3.63, 3.8) is 0 Å². The van der Waals surface area contributed by atoms with Gasteiger partial charge in [-0.1, -0.05) is 18.1 Å². The van der Waals surface area contributed by atoms with Crippen LogP contribution in [0.2, 0.25) is 0 Å². The maximum Gasteiger partial charge on any atom is 0.256 e. The van der Waals surface area contributed by atoms with E-state index in [0.29, 0.717) is 23.3 Å². The second-order valence-electron chi connectivity index (χ2n) is 9.66. The van der Waals surface area contributed by atoms with Crippen molar-refractivity contribution in [2.24, 2.45) is 0 Å². The van der Waals surface area contributed by atoms with E-state index in [2.05, 4.69) is 48.6 Å². The van der Waals surface area contributed by atoms with E-state index in [9.17, 15) is 4.79 Å². The SMILES string of the molecule is CC#CCN1CCCC1c1cc(-c2ccc(C(=O)Nc3cc(C4CC4)ccn3)cc2)n2cnccc12. The largest absolute Gasteiger partial charge is 0.307 e. The molecule has 180 valence electrons. The van der Waals surface area contributed by atoms with Crippen LogP contribution >= 0.6 is 0 Å². The molecule has 3 aromatic heterocycles. The standard InChI is InChI=1S/C30H29N5O/c1-2-3-16-34-17-4-5-26(34)25-19-28(35-20-31-14-13-27(25)35)22-8-10-23(11-9-22)30(36)33-29-18-24(12-15-32-29)21-6-7-21/h8-15,18-21,26H,4-7,16-17H2,1H3,(H,32,33,36). The Labute approximate surface area is 211 Å². The topological polar surface area (TPSA) is 62.5 Å². The predicted molar refractivity (Wildman–Crippen MR) is 142 cm³/mol. The number of rotatable bonds is 6. The highest BCUT2D eigenvalue weighted by atomic mass is 16.1. The van der Waals surface area contributed by atoms with E-state index in [1.807, 2.05) is 55.8 Å². The van der Waals surface area contributed by atoms with E-state index in [-0.39, 0.29) is 5.91 Å². The normalized spacial score (nSPS) is 17.6. The Bertz CT molecular complexity index is 1470. The molecular formula is C30H29N5O. The molecule has 1 amide bonds. The third-order valence-electron chi connectivity index (χ3n) is 7.31. The molecule has 1 saturated carbocycles. The summed E-state index contributed by atoms with van der Waals surface area (Å²) in [6.45, 7) is 3.76. The lowest BCUT2D eigenvalue weighted by Crippen LogP contribution is -2.23. The number of benzene rings is 1. The zero-order valence-corrected chi connectivity index (χ0v) is 20.4. The van der Waals surface area contributed by atoms with Gasteiger partial charge in [0, 0.05) is 24.0 Å². The van der Waals surface area contributed by atoms with E-state index < -0.39 is 0 Å². The molecule has 1 aromatic carbocycles. The Morgan fingerprint density at radius 1 is 1.08 bits per heavy atom. The van der Waals surface area contributed by atoms with Crippen molar-refractivity contribution < 1.29 is 4.79 Å². The van der Waals surface area contributed by atoms with Gasteiger partial charge in [-0.05, 0) is 98.2 Å². The second-order valence-corrected chi connectivity index (χ2v) is 9.66. The van der Waals surface area contributed by atoms with Gasteiger partial charge in [0.15, 0.2) is 0 Å². The molecule has 1 N–H and O–H groups in total. The molecule has 2 aliphatic rings. The van der Waals surface area contributed by atoms with Crippen LogP contribution < -0.4 is 5.32 Å². The zero-order chi connectivity index (χ0) is 24.5. The van der Waals surface area contributed by atoms with E-state index >= 15 is 0 Å². The first-order chi connectivity index (χ1) is 17.7. The van der Waals surface area contributed by atoms with Crippen molar-refractivity contribution in [1.29, 1.82) is 0 Å². The highest BCUT2D eigenvalue weighted by Gasteiger charge is 2.28. The third kappa shape index (κ3) is 4.38.